The number of carbonyl (C=O) groups excluding carboxylic acids is 2. The fourth-order valence-corrected chi connectivity index (χ4v) is 2.17. The second-order valence-electron chi connectivity index (χ2n) is 4.06. The van der Waals surface area contributed by atoms with Crippen LogP contribution in [0.15, 0.2) is 36.5 Å². The molecule has 1 aromatic heterocycles. The Morgan fingerprint density at radius 2 is 1.65 bits per heavy atom. The standard InChI is InChI=1S/C14H9NO2/c1-8-6-7-15-12-9-4-2-3-5-10(9)13(16)14(17)11(8)12/h2-7H,1H3. The second-order valence-corrected chi connectivity index (χ2v) is 4.06. The summed E-state index contributed by atoms with van der Waals surface area (Å²) in [7, 11) is 0. The van der Waals surface area contributed by atoms with Crippen molar-refractivity contribution in [1.82, 2.24) is 4.98 Å². The number of hydrogen-bond acceptors (Lipinski definition) is 3. The summed E-state index contributed by atoms with van der Waals surface area (Å²) in [6, 6.07) is 8.84. The van der Waals surface area contributed by atoms with Crippen LogP contribution in [0.1, 0.15) is 26.3 Å². The highest BCUT2D eigenvalue weighted by Crippen LogP contribution is 2.32. The van der Waals surface area contributed by atoms with Crippen LogP contribution in [0.4, 0.5) is 0 Å². The second kappa shape index (κ2) is 3.35. The van der Waals surface area contributed by atoms with Gasteiger partial charge < -0.3 is 0 Å². The number of rotatable bonds is 0. The Morgan fingerprint density at radius 3 is 2.41 bits per heavy atom. The highest BCUT2D eigenvalue weighted by molar-refractivity contribution is 6.53. The normalized spacial score (nSPS) is 13.2. The zero-order valence-corrected chi connectivity index (χ0v) is 9.23. The molecule has 0 fully saturated rings. The Hall–Kier alpha value is -2.29. The van der Waals surface area contributed by atoms with Gasteiger partial charge in [-0.25, -0.2) is 0 Å². The number of pyridine rings is 1. The van der Waals surface area contributed by atoms with E-state index >= 15 is 0 Å². The molecule has 0 atom stereocenters. The van der Waals surface area contributed by atoms with Crippen molar-refractivity contribution in [3.8, 4) is 11.3 Å². The number of aromatic nitrogens is 1. The Bertz CT molecular complexity index is 659. The molecule has 1 aliphatic carbocycles. The van der Waals surface area contributed by atoms with Crippen molar-refractivity contribution in [2.45, 2.75) is 6.92 Å². The van der Waals surface area contributed by atoms with E-state index in [2.05, 4.69) is 4.98 Å². The molecule has 3 rings (SSSR count). The third-order valence-corrected chi connectivity index (χ3v) is 3.02. The maximum atomic E-state index is 12.0. The van der Waals surface area contributed by atoms with Gasteiger partial charge >= 0.3 is 0 Å². The van der Waals surface area contributed by atoms with Gasteiger partial charge in [0.15, 0.2) is 0 Å². The molecule has 0 amide bonds. The molecule has 0 radical (unpaired) electrons. The summed E-state index contributed by atoms with van der Waals surface area (Å²) in [5.74, 6) is -0.895. The van der Waals surface area contributed by atoms with E-state index in [1.807, 2.05) is 19.1 Å². The summed E-state index contributed by atoms with van der Waals surface area (Å²) in [6.07, 6.45) is 1.66. The van der Waals surface area contributed by atoms with Crippen molar-refractivity contribution in [3.05, 3.63) is 53.2 Å². The lowest BCUT2D eigenvalue weighted by molar-refractivity contribution is 0.0814. The molecule has 1 heterocycles. The van der Waals surface area contributed by atoms with Gasteiger partial charge in [-0.05, 0) is 18.6 Å². The van der Waals surface area contributed by atoms with Crippen LogP contribution in [0, 0.1) is 6.92 Å². The number of nitrogens with zero attached hydrogens (tertiary/aromatic N) is 1. The highest BCUT2D eigenvalue weighted by Gasteiger charge is 2.31. The molecule has 0 saturated carbocycles. The van der Waals surface area contributed by atoms with Crippen molar-refractivity contribution in [2.75, 3.05) is 0 Å². The smallest absolute Gasteiger partial charge is 0.236 e. The average Bonchev–Trinajstić information content (AvgIpc) is 2.36. The quantitative estimate of drug-likeness (QED) is 0.644. The lowest BCUT2D eigenvalue weighted by Gasteiger charge is -2.17. The largest absolute Gasteiger partial charge is 0.285 e. The Kier molecular flexibility index (Phi) is 1.95. The summed E-state index contributed by atoms with van der Waals surface area (Å²) in [5, 5.41) is 0. The average molecular weight is 223 g/mol. The topological polar surface area (TPSA) is 47.0 Å². The first-order valence-electron chi connectivity index (χ1n) is 5.34. The molecule has 1 aromatic carbocycles. The fraction of sp³-hybridized carbons (Fsp3) is 0.0714. The number of Topliss-reactive ketones (excluding diaryl/α,β-unsaturated/α-hetero) is 2. The van der Waals surface area contributed by atoms with Gasteiger partial charge in [-0.2, -0.15) is 0 Å². The number of aryl methyl sites for hydroxylation is 1. The maximum Gasteiger partial charge on any atom is 0.236 e. The SMILES string of the molecule is Cc1ccnc2c1C(=O)C(=O)c1ccccc1-2. The number of hydrogen-bond donors (Lipinski definition) is 0. The maximum absolute atomic E-state index is 12.0. The summed E-state index contributed by atoms with van der Waals surface area (Å²) in [4.78, 5) is 28.2. The van der Waals surface area contributed by atoms with E-state index in [4.69, 9.17) is 0 Å². The molecule has 1 aliphatic rings. The third-order valence-electron chi connectivity index (χ3n) is 3.02. The molecule has 0 saturated heterocycles. The molecule has 2 aromatic rings. The number of benzene rings is 1. The van der Waals surface area contributed by atoms with Crippen LogP contribution in [0.2, 0.25) is 0 Å². The Balaban J connectivity index is 2.44. The molecular weight excluding hydrogens is 214 g/mol. The van der Waals surface area contributed by atoms with E-state index in [1.54, 1.807) is 24.4 Å². The van der Waals surface area contributed by atoms with Crippen LogP contribution in [0.25, 0.3) is 11.3 Å². The van der Waals surface area contributed by atoms with E-state index in [0.717, 1.165) is 11.1 Å². The van der Waals surface area contributed by atoms with Crippen molar-refractivity contribution >= 4 is 11.6 Å². The van der Waals surface area contributed by atoms with E-state index in [0.29, 0.717) is 16.8 Å². The van der Waals surface area contributed by atoms with Crippen LogP contribution in [0.5, 0.6) is 0 Å². The molecule has 0 aliphatic heterocycles. The molecule has 3 heteroatoms. The van der Waals surface area contributed by atoms with Crippen molar-refractivity contribution < 1.29 is 9.59 Å². The molecule has 82 valence electrons. The zero-order chi connectivity index (χ0) is 12.0. The van der Waals surface area contributed by atoms with Crippen molar-refractivity contribution in [2.24, 2.45) is 0 Å². The fourth-order valence-electron chi connectivity index (χ4n) is 2.17. The van der Waals surface area contributed by atoms with Crippen molar-refractivity contribution in [1.29, 1.82) is 0 Å². The molecule has 0 N–H and O–H groups in total. The van der Waals surface area contributed by atoms with Crippen LogP contribution in [-0.2, 0) is 0 Å². The predicted molar refractivity (Wildman–Crippen MR) is 63.1 cm³/mol. The van der Waals surface area contributed by atoms with Gasteiger partial charge in [0.2, 0.25) is 11.6 Å². The predicted octanol–water partition coefficient (Wildman–Crippen LogP) is 2.44. The minimum atomic E-state index is -0.454. The summed E-state index contributed by atoms with van der Waals surface area (Å²) in [6.45, 7) is 1.82. The van der Waals surface area contributed by atoms with Gasteiger partial charge in [0.05, 0.1) is 11.3 Å². The molecule has 0 unspecified atom stereocenters. The summed E-state index contributed by atoms with van der Waals surface area (Å²) < 4.78 is 0. The lowest BCUT2D eigenvalue weighted by atomic mass is 9.85. The Labute approximate surface area is 98.1 Å². The number of fused-ring (bicyclic) bond motifs is 3. The summed E-state index contributed by atoms with van der Waals surface area (Å²) in [5.41, 5.74) is 3.04. The molecule has 0 spiro atoms. The highest BCUT2D eigenvalue weighted by atomic mass is 16.2. The minimum absolute atomic E-state index is 0.441. The molecule has 0 bridgehead atoms. The van der Waals surface area contributed by atoms with Gasteiger partial charge in [-0.3, -0.25) is 14.6 Å². The zero-order valence-electron chi connectivity index (χ0n) is 9.23. The van der Waals surface area contributed by atoms with E-state index < -0.39 is 11.6 Å². The summed E-state index contributed by atoms with van der Waals surface area (Å²) >= 11 is 0. The van der Waals surface area contributed by atoms with Crippen LogP contribution < -0.4 is 0 Å². The monoisotopic (exact) mass is 223 g/mol. The third kappa shape index (κ3) is 1.25. The minimum Gasteiger partial charge on any atom is -0.285 e. The lowest BCUT2D eigenvalue weighted by Crippen LogP contribution is -2.22. The Morgan fingerprint density at radius 1 is 0.941 bits per heavy atom. The first-order valence-corrected chi connectivity index (χ1v) is 5.34. The van der Waals surface area contributed by atoms with E-state index in [9.17, 15) is 9.59 Å². The van der Waals surface area contributed by atoms with Crippen molar-refractivity contribution in [3.63, 3.8) is 0 Å². The van der Waals surface area contributed by atoms with E-state index in [-0.39, 0.29) is 0 Å². The van der Waals surface area contributed by atoms with Gasteiger partial charge in [0.1, 0.15) is 0 Å². The van der Waals surface area contributed by atoms with E-state index in [1.165, 1.54) is 0 Å². The molecular formula is C14H9NO2. The van der Waals surface area contributed by atoms with Crippen LogP contribution in [0.3, 0.4) is 0 Å². The van der Waals surface area contributed by atoms with Gasteiger partial charge in [0.25, 0.3) is 0 Å². The molecule has 17 heavy (non-hydrogen) atoms. The van der Waals surface area contributed by atoms with Gasteiger partial charge in [-0.1, -0.05) is 24.3 Å². The molecule has 3 nitrogen and oxygen atoms in total. The first kappa shape index (κ1) is 9.90. The van der Waals surface area contributed by atoms with Gasteiger partial charge in [0, 0.05) is 17.3 Å². The van der Waals surface area contributed by atoms with Gasteiger partial charge in [-0.15, -0.1) is 0 Å². The van der Waals surface area contributed by atoms with Crippen LogP contribution >= 0.6 is 0 Å². The van der Waals surface area contributed by atoms with Crippen LogP contribution in [-0.4, -0.2) is 16.6 Å². The number of carbonyl (C=O) groups is 2. The first-order chi connectivity index (χ1) is 8.20. The number of ketones is 2.